The van der Waals surface area contributed by atoms with Gasteiger partial charge in [-0.1, -0.05) is 30.7 Å². The standard InChI is InChI=1S/C12H15ClN4/c1-2-7-14-8-12-15-9-16-17(12)11-6-4-3-5-10(11)13/h3-6,9,14H,2,7-8H2,1H3. The normalized spacial score (nSPS) is 10.7. The average molecular weight is 251 g/mol. The van der Waals surface area contributed by atoms with Gasteiger partial charge in [0.05, 0.1) is 17.3 Å². The van der Waals surface area contributed by atoms with E-state index in [9.17, 15) is 0 Å². The minimum Gasteiger partial charge on any atom is -0.310 e. The lowest BCUT2D eigenvalue weighted by Gasteiger charge is -2.08. The van der Waals surface area contributed by atoms with Crippen molar-refractivity contribution in [2.24, 2.45) is 0 Å². The first kappa shape index (κ1) is 12.1. The number of aromatic nitrogens is 3. The maximum absolute atomic E-state index is 6.14. The number of nitrogens with zero attached hydrogens (tertiary/aromatic N) is 3. The molecule has 1 N–H and O–H groups in total. The van der Waals surface area contributed by atoms with E-state index >= 15 is 0 Å². The second-order valence-corrected chi connectivity index (χ2v) is 4.12. The number of nitrogens with one attached hydrogen (secondary N) is 1. The van der Waals surface area contributed by atoms with Crippen LogP contribution in [0.5, 0.6) is 0 Å². The van der Waals surface area contributed by atoms with Crippen molar-refractivity contribution in [1.82, 2.24) is 20.1 Å². The summed E-state index contributed by atoms with van der Waals surface area (Å²) in [5, 5.41) is 8.18. The Labute approximate surface area is 106 Å². The molecular formula is C12H15ClN4. The number of para-hydroxylation sites is 1. The molecule has 1 aromatic heterocycles. The fourth-order valence-corrected chi connectivity index (χ4v) is 1.80. The molecule has 0 bridgehead atoms. The lowest BCUT2D eigenvalue weighted by atomic mass is 10.3. The van der Waals surface area contributed by atoms with E-state index in [-0.39, 0.29) is 0 Å². The Bertz CT molecular complexity index is 481. The highest BCUT2D eigenvalue weighted by molar-refractivity contribution is 6.32. The van der Waals surface area contributed by atoms with Gasteiger partial charge in [-0.3, -0.25) is 0 Å². The third kappa shape index (κ3) is 2.84. The Hall–Kier alpha value is -1.39. The molecule has 2 aromatic rings. The first-order valence-corrected chi connectivity index (χ1v) is 6.05. The van der Waals surface area contributed by atoms with Crippen LogP contribution in [0.2, 0.25) is 5.02 Å². The van der Waals surface area contributed by atoms with Crippen molar-refractivity contribution < 1.29 is 0 Å². The van der Waals surface area contributed by atoms with Crippen molar-refractivity contribution in [2.45, 2.75) is 19.9 Å². The molecule has 0 unspecified atom stereocenters. The summed E-state index contributed by atoms with van der Waals surface area (Å²) in [6.45, 7) is 3.79. The summed E-state index contributed by atoms with van der Waals surface area (Å²) in [7, 11) is 0. The van der Waals surface area contributed by atoms with Crippen LogP contribution >= 0.6 is 11.6 Å². The monoisotopic (exact) mass is 250 g/mol. The maximum Gasteiger partial charge on any atom is 0.146 e. The second kappa shape index (κ2) is 5.80. The fourth-order valence-electron chi connectivity index (χ4n) is 1.59. The summed E-state index contributed by atoms with van der Waals surface area (Å²) in [5.74, 6) is 0.867. The van der Waals surface area contributed by atoms with Crippen LogP contribution in [0, 0.1) is 0 Å². The molecule has 4 nitrogen and oxygen atoms in total. The highest BCUT2D eigenvalue weighted by Crippen LogP contribution is 2.19. The largest absolute Gasteiger partial charge is 0.310 e. The molecule has 1 heterocycles. The van der Waals surface area contributed by atoms with E-state index in [1.54, 1.807) is 11.0 Å². The van der Waals surface area contributed by atoms with Crippen molar-refractivity contribution >= 4 is 11.6 Å². The maximum atomic E-state index is 6.14. The summed E-state index contributed by atoms with van der Waals surface area (Å²) < 4.78 is 1.77. The summed E-state index contributed by atoms with van der Waals surface area (Å²) in [4.78, 5) is 4.24. The van der Waals surface area contributed by atoms with Crippen LogP contribution in [0.15, 0.2) is 30.6 Å². The molecule has 0 saturated heterocycles. The number of hydrogen-bond acceptors (Lipinski definition) is 3. The molecule has 0 fully saturated rings. The Morgan fingerprint density at radius 1 is 1.35 bits per heavy atom. The number of benzene rings is 1. The van der Waals surface area contributed by atoms with E-state index in [0.29, 0.717) is 11.6 Å². The molecule has 0 saturated carbocycles. The molecule has 0 spiro atoms. The quantitative estimate of drug-likeness (QED) is 0.829. The van der Waals surface area contributed by atoms with E-state index < -0.39 is 0 Å². The smallest absolute Gasteiger partial charge is 0.146 e. The van der Waals surface area contributed by atoms with E-state index in [1.807, 2.05) is 24.3 Å². The minimum atomic E-state index is 0.676. The van der Waals surface area contributed by atoms with Gasteiger partial charge < -0.3 is 5.32 Å². The predicted molar refractivity (Wildman–Crippen MR) is 68.4 cm³/mol. The number of hydrogen-bond donors (Lipinski definition) is 1. The molecule has 17 heavy (non-hydrogen) atoms. The topological polar surface area (TPSA) is 42.7 Å². The SMILES string of the molecule is CCCNCc1ncnn1-c1ccccc1Cl. The third-order valence-electron chi connectivity index (χ3n) is 2.41. The molecule has 2 rings (SSSR count). The third-order valence-corrected chi connectivity index (χ3v) is 2.73. The summed E-state index contributed by atoms with van der Waals surface area (Å²) >= 11 is 6.14. The molecule has 0 aliphatic heterocycles. The molecule has 1 aromatic carbocycles. The van der Waals surface area contributed by atoms with Gasteiger partial charge in [0.1, 0.15) is 12.2 Å². The summed E-state index contributed by atoms with van der Waals surface area (Å²) in [5.41, 5.74) is 0.861. The van der Waals surface area contributed by atoms with Crippen LogP contribution in [-0.4, -0.2) is 21.3 Å². The fraction of sp³-hybridized carbons (Fsp3) is 0.333. The number of halogens is 1. The van der Waals surface area contributed by atoms with Gasteiger partial charge in [-0.25, -0.2) is 9.67 Å². The second-order valence-electron chi connectivity index (χ2n) is 3.72. The molecule has 0 amide bonds. The Balaban J connectivity index is 2.22. The van der Waals surface area contributed by atoms with Crippen LogP contribution in [0.1, 0.15) is 19.2 Å². The number of rotatable bonds is 5. The summed E-state index contributed by atoms with van der Waals surface area (Å²) in [6.07, 6.45) is 2.65. The lowest BCUT2D eigenvalue weighted by molar-refractivity contribution is 0.633. The van der Waals surface area contributed by atoms with Crippen LogP contribution < -0.4 is 5.32 Å². The van der Waals surface area contributed by atoms with Gasteiger partial charge >= 0.3 is 0 Å². The molecule has 90 valence electrons. The van der Waals surface area contributed by atoms with Crippen LogP contribution in [0.4, 0.5) is 0 Å². The molecule has 5 heteroatoms. The van der Waals surface area contributed by atoms with Gasteiger partial charge in [0.15, 0.2) is 0 Å². The molecule has 0 radical (unpaired) electrons. The Morgan fingerprint density at radius 2 is 2.18 bits per heavy atom. The van der Waals surface area contributed by atoms with E-state index in [4.69, 9.17) is 11.6 Å². The Morgan fingerprint density at radius 3 is 2.94 bits per heavy atom. The van der Waals surface area contributed by atoms with Crippen molar-refractivity contribution in [2.75, 3.05) is 6.54 Å². The van der Waals surface area contributed by atoms with Crippen LogP contribution in [-0.2, 0) is 6.54 Å². The highest BCUT2D eigenvalue weighted by Gasteiger charge is 2.08. The van der Waals surface area contributed by atoms with Gasteiger partial charge in [0.2, 0.25) is 0 Å². The molecule has 0 aliphatic carbocycles. The van der Waals surface area contributed by atoms with Crippen molar-refractivity contribution in [3.63, 3.8) is 0 Å². The zero-order valence-electron chi connectivity index (χ0n) is 9.73. The molecular weight excluding hydrogens is 236 g/mol. The highest BCUT2D eigenvalue weighted by atomic mass is 35.5. The van der Waals surface area contributed by atoms with Crippen LogP contribution in [0.3, 0.4) is 0 Å². The van der Waals surface area contributed by atoms with Crippen molar-refractivity contribution in [3.05, 3.63) is 41.4 Å². The summed E-state index contributed by atoms with van der Waals surface area (Å²) in [6, 6.07) is 7.62. The van der Waals surface area contributed by atoms with Gasteiger partial charge in [-0.15, -0.1) is 0 Å². The lowest BCUT2D eigenvalue weighted by Crippen LogP contribution is -2.17. The van der Waals surface area contributed by atoms with E-state index in [0.717, 1.165) is 24.5 Å². The predicted octanol–water partition coefficient (Wildman–Crippen LogP) is 2.42. The van der Waals surface area contributed by atoms with Gasteiger partial charge in [-0.2, -0.15) is 5.10 Å². The van der Waals surface area contributed by atoms with Crippen molar-refractivity contribution in [3.8, 4) is 5.69 Å². The average Bonchev–Trinajstić information content (AvgIpc) is 2.78. The Kier molecular flexibility index (Phi) is 4.12. The molecule has 0 aliphatic rings. The molecule has 0 atom stereocenters. The van der Waals surface area contributed by atoms with Gasteiger partial charge in [-0.05, 0) is 25.1 Å². The first-order chi connectivity index (χ1) is 8.33. The van der Waals surface area contributed by atoms with Gasteiger partial charge in [0, 0.05) is 0 Å². The minimum absolute atomic E-state index is 0.676. The zero-order chi connectivity index (χ0) is 12.1. The van der Waals surface area contributed by atoms with E-state index in [1.165, 1.54) is 0 Å². The first-order valence-electron chi connectivity index (χ1n) is 5.67. The van der Waals surface area contributed by atoms with Crippen molar-refractivity contribution in [1.29, 1.82) is 0 Å². The van der Waals surface area contributed by atoms with E-state index in [2.05, 4.69) is 22.3 Å². The van der Waals surface area contributed by atoms with Gasteiger partial charge in [0.25, 0.3) is 0 Å². The zero-order valence-corrected chi connectivity index (χ0v) is 10.5. The van der Waals surface area contributed by atoms with Crippen LogP contribution in [0.25, 0.3) is 5.69 Å².